The summed E-state index contributed by atoms with van der Waals surface area (Å²) in [5, 5.41) is 3.04. The highest BCUT2D eigenvalue weighted by atomic mass is 127. The summed E-state index contributed by atoms with van der Waals surface area (Å²) in [4.78, 5) is 8.68. The van der Waals surface area contributed by atoms with Gasteiger partial charge in [-0.25, -0.2) is 9.98 Å². The minimum atomic E-state index is 0. The number of rotatable bonds is 8. The number of nitrogens with two attached hydrogens (primary N) is 1. The van der Waals surface area contributed by atoms with Crippen LogP contribution in [0.2, 0.25) is 0 Å². The Kier molecular flexibility index (Phi) is 9.20. The second kappa shape index (κ2) is 11.9. The molecular formula is C22H25IN4O3. The van der Waals surface area contributed by atoms with Gasteiger partial charge in [-0.3, -0.25) is 0 Å². The summed E-state index contributed by atoms with van der Waals surface area (Å²) in [6.45, 7) is 2.88. The highest BCUT2D eigenvalue weighted by Gasteiger charge is 2.06. The Morgan fingerprint density at radius 2 is 1.70 bits per heavy atom. The molecule has 0 saturated carbocycles. The highest BCUT2D eigenvalue weighted by molar-refractivity contribution is 14.0. The van der Waals surface area contributed by atoms with Crippen LogP contribution in [0, 0.1) is 0 Å². The maximum absolute atomic E-state index is 5.98. The van der Waals surface area contributed by atoms with Crippen LogP contribution in [0.1, 0.15) is 12.5 Å². The van der Waals surface area contributed by atoms with Gasteiger partial charge < -0.3 is 25.3 Å². The quantitative estimate of drug-likeness (QED) is 0.251. The summed E-state index contributed by atoms with van der Waals surface area (Å²) in [5.74, 6) is 2.77. The number of ether oxygens (including phenoxy) is 3. The fourth-order valence-corrected chi connectivity index (χ4v) is 2.59. The molecule has 0 radical (unpaired) electrons. The van der Waals surface area contributed by atoms with Gasteiger partial charge in [0.05, 0.1) is 25.9 Å². The van der Waals surface area contributed by atoms with Gasteiger partial charge in [0.2, 0.25) is 5.88 Å². The van der Waals surface area contributed by atoms with Crippen LogP contribution in [0.25, 0.3) is 0 Å². The molecule has 0 bridgehead atoms. The maximum Gasteiger partial charge on any atom is 0.219 e. The molecule has 0 aliphatic rings. The maximum atomic E-state index is 5.98. The minimum Gasteiger partial charge on any atom is -0.495 e. The van der Waals surface area contributed by atoms with Gasteiger partial charge in [-0.05, 0) is 36.8 Å². The summed E-state index contributed by atoms with van der Waals surface area (Å²) in [6.07, 6.45) is 1.71. The Balaban J connectivity index is 0.00000320. The smallest absolute Gasteiger partial charge is 0.219 e. The SMILES string of the molecule is CCOc1ccccc1Oc1ccc(CN=C(N)Nc2ccccc2OC)cn1.I. The predicted molar refractivity (Wildman–Crippen MR) is 129 cm³/mol. The number of para-hydroxylation sites is 4. The van der Waals surface area contributed by atoms with Crippen molar-refractivity contribution in [2.45, 2.75) is 13.5 Å². The number of aromatic nitrogens is 1. The Hall–Kier alpha value is -3.01. The summed E-state index contributed by atoms with van der Waals surface area (Å²) in [6, 6.07) is 18.7. The zero-order valence-electron chi connectivity index (χ0n) is 16.9. The Bertz CT molecular complexity index is 965. The van der Waals surface area contributed by atoms with Crippen LogP contribution < -0.4 is 25.3 Å². The van der Waals surface area contributed by atoms with E-state index in [-0.39, 0.29) is 24.0 Å². The van der Waals surface area contributed by atoms with Crippen molar-refractivity contribution in [2.24, 2.45) is 10.7 Å². The molecule has 3 N–H and O–H groups in total. The fraction of sp³-hybridized carbons (Fsp3) is 0.182. The monoisotopic (exact) mass is 520 g/mol. The molecule has 0 aliphatic heterocycles. The Morgan fingerprint density at radius 1 is 1.00 bits per heavy atom. The first-order valence-electron chi connectivity index (χ1n) is 9.24. The fourth-order valence-electron chi connectivity index (χ4n) is 2.59. The van der Waals surface area contributed by atoms with Crippen LogP contribution in [-0.4, -0.2) is 24.7 Å². The van der Waals surface area contributed by atoms with Crippen molar-refractivity contribution < 1.29 is 14.2 Å². The van der Waals surface area contributed by atoms with Crippen molar-refractivity contribution in [3.8, 4) is 23.1 Å². The molecule has 0 spiro atoms. The molecule has 7 nitrogen and oxygen atoms in total. The average Bonchev–Trinajstić information content (AvgIpc) is 2.75. The summed E-state index contributed by atoms with van der Waals surface area (Å²) in [7, 11) is 1.61. The van der Waals surface area contributed by atoms with Crippen LogP contribution in [0.5, 0.6) is 23.1 Å². The lowest BCUT2D eigenvalue weighted by atomic mass is 10.3. The number of nitrogens with zero attached hydrogens (tertiary/aromatic N) is 2. The first-order chi connectivity index (χ1) is 14.2. The Morgan fingerprint density at radius 3 is 2.37 bits per heavy atom. The van der Waals surface area contributed by atoms with Crippen LogP contribution in [0.15, 0.2) is 71.9 Å². The molecule has 2 aromatic carbocycles. The van der Waals surface area contributed by atoms with Crippen molar-refractivity contribution >= 4 is 35.6 Å². The van der Waals surface area contributed by atoms with Crippen LogP contribution >= 0.6 is 24.0 Å². The van der Waals surface area contributed by atoms with E-state index >= 15 is 0 Å². The van der Waals surface area contributed by atoms with E-state index in [1.54, 1.807) is 19.4 Å². The molecule has 1 heterocycles. The zero-order chi connectivity index (χ0) is 20.5. The van der Waals surface area contributed by atoms with E-state index in [9.17, 15) is 0 Å². The van der Waals surface area contributed by atoms with E-state index in [2.05, 4.69) is 15.3 Å². The highest BCUT2D eigenvalue weighted by Crippen LogP contribution is 2.30. The van der Waals surface area contributed by atoms with Gasteiger partial charge in [-0.1, -0.05) is 30.3 Å². The molecule has 0 amide bonds. The van der Waals surface area contributed by atoms with E-state index in [0.717, 1.165) is 11.3 Å². The number of benzene rings is 2. The number of methoxy groups -OCH3 is 1. The van der Waals surface area contributed by atoms with Crippen molar-refractivity contribution in [1.29, 1.82) is 0 Å². The number of hydrogen-bond donors (Lipinski definition) is 2. The van der Waals surface area contributed by atoms with Crippen molar-refractivity contribution in [1.82, 2.24) is 4.98 Å². The third-order valence-electron chi connectivity index (χ3n) is 3.96. The topological polar surface area (TPSA) is 91.0 Å². The minimum absolute atomic E-state index is 0. The van der Waals surface area contributed by atoms with Gasteiger partial charge in [-0.15, -0.1) is 24.0 Å². The van der Waals surface area contributed by atoms with Crippen molar-refractivity contribution in [2.75, 3.05) is 19.0 Å². The van der Waals surface area contributed by atoms with E-state index in [4.69, 9.17) is 19.9 Å². The summed E-state index contributed by atoms with van der Waals surface area (Å²) < 4.78 is 16.7. The van der Waals surface area contributed by atoms with Gasteiger partial charge in [0.1, 0.15) is 5.75 Å². The average molecular weight is 520 g/mol. The van der Waals surface area contributed by atoms with Crippen LogP contribution in [0.4, 0.5) is 5.69 Å². The molecule has 30 heavy (non-hydrogen) atoms. The summed E-state index contributed by atoms with van der Waals surface area (Å²) >= 11 is 0. The lowest BCUT2D eigenvalue weighted by Gasteiger charge is -2.11. The number of nitrogens with one attached hydrogen (secondary N) is 1. The third-order valence-corrected chi connectivity index (χ3v) is 3.96. The number of aliphatic imine (C=N–C) groups is 1. The first kappa shape index (κ1) is 23.3. The molecule has 0 saturated heterocycles. The predicted octanol–water partition coefficient (Wildman–Crippen LogP) is 4.83. The van der Waals surface area contributed by atoms with E-state index in [1.165, 1.54) is 0 Å². The normalized spacial score (nSPS) is 10.7. The van der Waals surface area contributed by atoms with Gasteiger partial charge in [0.25, 0.3) is 0 Å². The molecule has 1 aromatic heterocycles. The van der Waals surface area contributed by atoms with Gasteiger partial charge in [0.15, 0.2) is 17.5 Å². The van der Waals surface area contributed by atoms with Crippen molar-refractivity contribution in [3.63, 3.8) is 0 Å². The van der Waals surface area contributed by atoms with Crippen LogP contribution in [-0.2, 0) is 6.54 Å². The van der Waals surface area contributed by atoms with E-state index < -0.39 is 0 Å². The molecule has 158 valence electrons. The second-order valence-corrected chi connectivity index (χ2v) is 6.01. The molecule has 0 aliphatic carbocycles. The lowest BCUT2D eigenvalue weighted by molar-refractivity contribution is 0.319. The molecule has 0 unspecified atom stereocenters. The second-order valence-electron chi connectivity index (χ2n) is 6.01. The molecule has 3 aromatic rings. The first-order valence-corrected chi connectivity index (χ1v) is 9.24. The molecule has 8 heteroatoms. The van der Waals surface area contributed by atoms with Gasteiger partial charge in [0, 0.05) is 12.3 Å². The number of pyridine rings is 1. The molecule has 3 rings (SSSR count). The van der Waals surface area contributed by atoms with E-state index in [0.29, 0.717) is 42.2 Å². The zero-order valence-corrected chi connectivity index (χ0v) is 19.2. The Labute approximate surface area is 193 Å². The molecule has 0 atom stereocenters. The van der Waals surface area contributed by atoms with Crippen molar-refractivity contribution in [3.05, 3.63) is 72.4 Å². The van der Waals surface area contributed by atoms with E-state index in [1.807, 2.05) is 61.5 Å². The summed E-state index contributed by atoms with van der Waals surface area (Å²) in [5.41, 5.74) is 7.64. The van der Waals surface area contributed by atoms with Gasteiger partial charge in [-0.2, -0.15) is 0 Å². The number of guanidine groups is 1. The molecular weight excluding hydrogens is 495 g/mol. The lowest BCUT2D eigenvalue weighted by Crippen LogP contribution is -2.22. The number of anilines is 1. The standard InChI is InChI=1S/C22H24N4O3.HI/c1-3-28-19-10-6-7-11-20(19)29-21-13-12-16(14-24-21)15-25-22(23)26-17-8-4-5-9-18(17)27-2;/h4-14H,3,15H2,1-2H3,(H3,23,25,26);1H. The number of hydrogen-bond acceptors (Lipinski definition) is 5. The largest absolute Gasteiger partial charge is 0.495 e. The molecule has 0 fully saturated rings. The van der Waals surface area contributed by atoms with Crippen LogP contribution in [0.3, 0.4) is 0 Å². The number of halogens is 1. The van der Waals surface area contributed by atoms with Gasteiger partial charge >= 0.3 is 0 Å². The third kappa shape index (κ3) is 6.51.